The Balaban J connectivity index is 1.48. The van der Waals surface area contributed by atoms with Crippen LogP contribution in [0.5, 0.6) is 0 Å². The highest BCUT2D eigenvalue weighted by atomic mass is 16.5. The molecule has 0 saturated carbocycles. The zero-order chi connectivity index (χ0) is 17.1. The van der Waals surface area contributed by atoms with Crippen molar-refractivity contribution >= 4 is 5.91 Å². The number of nitrogens with zero attached hydrogens (tertiary/aromatic N) is 1. The minimum atomic E-state index is -0.164. The highest BCUT2D eigenvalue weighted by molar-refractivity contribution is 5.82. The van der Waals surface area contributed by atoms with Crippen LogP contribution in [0.15, 0.2) is 30.3 Å². The third-order valence-corrected chi connectivity index (χ3v) is 5.62. The van der Waals surface area contributed by atoms with Crippen LogP contribution in [0.1, 0.15) is 24.8 Å². The summed E-state index contributed by atoms with van der Waals surface area (Å²) < 4.78 is 5.80. The zero-order valence-electron chi connectivity index (χ0n) is 14.6. The van der Waals surface area contributed by atoms with E-state index in [0.29, 0.717) is 25.0 Å². The monoisotopic (exact) mass is 344 g/mol. The molecule has 136 valence electrons. The summed E-state index contributed by atoms with van der Waals surface area (Å²) in [5.41, 5.74) is 7.77. The molecule has 6 heteroatoms. The summed E-state index contributed by atoms with van der Waals surface area (Å²) in [5, 5.41) is 3.43. The molecule has 4 unspecified atom stereocenters. The molecule has 0 radical (unpaired) electrons. The molecular weight excluding hydrogens is 316 g/mol. The standard InChI is InChI=1S/C19H28N4O2/c24-19(18-16-11-20-9-8-17(16)21-22-18)23(13-15-7-4-10-25-15)12-14-5-2-1-3-6-14/h1-3,5-6,15-18,20-22H,4,7-13H2. The second-order valence-electron chi connectivity index (χ2n) is 7.37. The van der Waals surface area contributed by atoms with E-state index in [-0.39, 0.29) is 18.1 Å². The first kappa shape index (κ1) is 17.0. The molecule has 3 aliphatic heterocycles. The normalized spacial score (nSPS) is 31.7. The Labute approximate surface area is 149 Å². The number of carbonyl (C=O) groups is 1. The predicted molar refractivity (Wildman–Crippen MR) is 95.7 cm³/mol. The number of fused-ring (bicyclic) bond motifs is 1. The lowest BCUT2D eigenvalue weighted by atomic mass is 9.88. The molecule has 0 bridgehead atoms. The van der Waals surface area contributed by atoms with Crippen molar-refractivity contribution < 1.29 is 9.53 Å². The van der Waals surface area contributed by atoms with Crippen molar-refractivity contribution in [3.8, 4) is 0 Å². The molecule has 25 heavy (non-hydrogen) atoms. The lowest BCUT2D eigenvalue weighted by Gasteiger charge is -2.32. The van der Waals surface area contributed by atoms with Gasteiger partial charge in [-0.25, -0.2) is 5.43 Å². The van der Waals surface area contributed by atoms with Crippen LogP contribution in [0, 0.1) is 5.92 Å². The zero-order valence-corrected chi connectivity index (χ0v) is 14.6. The Bertz CT molecular complexity index is 576. The van der Waals surface area contributed by atoms with Gasteiger partial charge in [-0.2, -0.15) is 0 Å². The fraction of sp³-hybridized carbons (Fsp3) is 0.632. The molecule has 4 rings (SSSR count). The molecule has 0 aromatic heterocycles. The lowest BCUT2D eigenvalue weighted by molar-refractivity contribution is -0.136. The van der Waals surface area contributed by atoms with E-state index in [1.165, 1.54) is 0 Å². The summed E-state index contributed by atoms with van der Waals surface area (Å²) in [6.07, 6.45) is 3.37. The Morgan fingerprint density at radius 2 is 2.08 bits per heavy atom. The minimum absolute atomic E-state index is 0.164. The minimum Gasteiger partial charge on any atom is -0.376 e. The van der Waals surface area contributed by atoms with E-state index in [9.17, 15) is 4.79 Å². The summed E-state index contributed by atoms with van der Waals surface area (Å²) in [6.45, 7) is 4.04. The molecule has 3 N–H and O–H groups in total. The van der Waals surface area contributed by atoms with Crippen LogP contribution in [-0.4, -0.2) is 55.2 Å². The Morgan fingerprint density at radius 1 is 1.20 bits per heavy atom. The van der Waals surface area contributed by atoms with Crippen molar-refractivity contribution in [2.45, 2.75) is 44.0 Å². The first-order valence-electron chi connectivity index (χ1n) is 9.47. The van der Waals surface area contributed by atoms with E-state index < -0.39 is 0 Å². The fourth-order valence-corrected chi connectivity index (χ4v) is 4.23. The maximum absolute atomic E-state index is 13.3. The van der Waals surface area contributed by atoms with Gasteiger partial charge in [0.2, 0.25) is 5.91 Å². The van der Waals surface area contributed by atoms with Crippen molar-refractivity contribution in [3.05, 3.63) is 35.9 Å². The molecule has 3 aliphatic rings. The molecule has 1 amide bonds. The van der Waals surface area contributed by atoms with Gasteiger partial charge >= 0.3 is 0 Å². The average molecular weight is 344 g/mol. The first-order chi connectivity index (χ1) is 12.3. The van der Waals surface area contributed by atoms with Gasteiger partial charge < -0.3 is 15.0 Å². The molecule has 0 spiro atoms. The van der Waals surface area contributed by atoms with Crippen LogP contribution in [0.4, 0.5) is 0 Å². The van der Waals surface area contributed by atoms with Crippen LogP contribution >= 0.6 is 0 Å². The third kappa shape index (κ3) is 3.87. The quantitative estimate of drug-likeness (QED) is 0.732. The molecule has 1 aromatic rings. The molecule has 1 aromatic carbocycles. The maximum atomic E-state index is 13.3. The Kier molecular flexibility index (Phi) is 5.31. The van der Waals surface area contributed by atoms with Crippen molar-refractivity contribution in [1.29, 1.82) is 0 Å². The lowest BCUT2D eigenvalue weighted by Crippen LogP contribution is -2.51. The number of ether oxygens (including phenoxy) is 1. The van der Waals surface area contributed by atoms with Crippen LogP contribution in [-0.2, 0) is 16.1 Å². The number of nitrogens with one attached hydrogen (secondary N) is 3. The van der Waals surface area contributed by atoms with Crippen molar-refractivity contribution in [3.63, 3.8) is 0 Å². The van der Waals surface area contributed by atoms with E-state index in [1.807, 2.05) is 23.1 Å². The molecular formula is C19H28N4O2. The maximum Gasteiger partial charge on any atom is 0.241 e. The van der Waals surface area contributed by atoms with Crippen LogP contribution < -0.4 is 16.2 Å². The highest BCUT2D eigenvalue weighted by Gasteiger charge is 2.43. The first-order valence-corrected chi connectivity index (χ1v) is 9.47. The van der Waals surface area contributed by atoms with Crippen molar-refractivity contribution in [1.82, 2.24) is 21.1 Å². The number of carbonyl (C=O) groups excluding carboxylic acids is 1. The Hall–Kier alpha value is -1.47. The molecule has 0 aliphatic carbocycles. The van der Waals surface area contributed by atoms with Crippen molar-refractivity contribution in [2.24, 2.45) is 5.92 Å². The second kappa shape index (κ2) is 7.83. The molecule has 3 fully saturated rings. The topological polar surface area (TPSA) is 65.6 Å². The van der Waals surface area contributed by atoms with Gasteiger partial charge in [-0.05, 0) is 31.4 Å². The number of amides is 1. The Morgan fingerprint density at radius 3 is 2.88 bits per heavy atom. The number of hydrogen-bond donors (Lipinski definition) is 3. The summed E-state index contributed by atoms with van der Waals surface area (Å²) >= 11 is 0. The third-order valence-electron chi connectivity index (χ3n) is 5.62. The van der Waals surface area contributed by atoms with E-state index in [4.69, 9.17) is 4.74 Å². The van der Waals surface area contributed by atoms with Gasteiger partial charge in [-0.15, -0.1) is 0 Å². The van der Waals surface area contributed by atoms with E-state index in [1.54, 1.807) is 0 Å². The second-order valence-corrected chi connectivity index (χ2v) is 7.37. The number of benzene rings is 1. The summed E-state index contributed by atoms with van der Waals surface area (Å²) in [7, 11) is 0. The summed E-state index contributed by atoms with van der Waals surface area (Å²) in [5.74, 6) is 0.493. The number of rotatable bonds is 5. The van der Waals surface area contributed by atoms with E-state index in [0.717, 1.165) is 44.5 Å². The highest BCUT2D eigenvalue weighted by Crippen LogP contribution is 2.23. The smallest absolute Gasteiger partial charge is 0.241 e. The van der Waals surface area contributed by atoms with Gasteiger partial charge in [0, 0.05) is 38.2 Å². The van der Waals surface area contributed by atoms with Crippen LogP contribution in [0.25, 0.3) is 0 Å². The van der Waals surface area contributed by atoms with Gasteiger partial charge in [0.25, 0.3) is 0 Å². The fourth-order valence-electron chi connectivity index (χ4n) is 4.23. The van der Waals surface area contributed by atoms with Gasteiger partial charge in [-0.1, -0.05) is 30.3 Å². The van der Waals surface area contributed by atoms with E-state index >= 15 is 0 Å². The SMILES string of the molecule is O=C(C1NNC2CCNCC21)N(Cc1ccccc1)CC1CCCO1. The predicted octanol–water partition coefficient (Wildman–Crippen LogP) is 0.649. The average Bonchev–Trinajstić information content (AvgIpc) is 3.31. The molecule has 3 saturated heterocycles. The van der Waals surface area contributed by atoms with Gasteiger partial charge in [-0.3, -0.25) is 10.2 Å². The number of piperidine rings is 1. The largest absolute Gasteiger partial charge is 0.376 e. The molecule has 3 heterocycles. The summed E-state index contributed by atoms with van der Waals surface area (Å²) in [4.78, 5) is 15.3. The van der Waals surface area contributed by atoms with Crippen molar-refractivity contribution in [2.75, 3.05) is 26.2 Å². The molecule has 6 nitrogen and oxygen atoms in total. The van der Waals surface area contributed by atoms with Crippen LogP contribution in [0.2, 0.25) is 0 Å². The van der Waals surface area contributed by atoms with Gasteiger partial charge in [0.15, 0.2) is 0 Å². The molecule has 4 atom stereocenters. The van der Waals surface area contributed by atoms with E-state index in [2.05, 4.69) is 28.3 Å². The number of hydrazine groups is 1. The van der Waals surface area contributed by atoms with Gasteiger partial charge in [0.1, 0.15) is 6.04 Å². The van der Waals surface area contributed by atoms with Crippen LogP contribution in [0.3, 0.4) is 0 Å². The summed E-state index contributed by atoms with van der Waals surface area (Å²) in [6, 6.07) is 10.5. The number of hydrogen-bond acceptors (Lipinski definition) is 5. The van der Waals surface area contributed by atoms with Gasteiger partial charge in [0.05, 0.1) is 6.10 Å².